The third-order valence-electron chi connectivity index (χ3n) is 8.00. The molecule has 2 amide bonds. The van der Waals surface area contributed by atoms with Crippen molar-refractivity contribution in [2.75, 3.05) is 4.90 Å². The molecular weight excluding hydrogens is 430 g/mol. The molecule has 4 rings (SSSR count). The topological polar surface area (TPSA) is 37.4 Å². The summed E-state index contributed by atoms with van der Waals surface area (Å²) in [6.07, 6.45) is 23.4. The van der Waals surface area contributed by atoms with Crippen molar-refractivity contribution in [2.24, 2.45) is 0 Å². The summed E-state index contributed by atoms with van der Waals surface area (Å²) in [7, 11) is 0. The first-order valence-electron chi connectivity index (χ1n) is 14.9. The molecule has 3 heterocycles. The van der Waals surface area contributed by atoms with Crippen molar-refractivity contribution in [1.29, 1.82) is 0 Å². The molecule has 1 aromatic carbocycles. The molecule has 0 radical (unpaired) electrons. The van der Waals surface area contributed by atoms with Crippen molar-refractivity contribution >= 4 is 17.5 Å². The second-order valence-corrected chi connectivity index (χ2v) is 10.8. The highest BCUT2D eigenvalue weighted by Gasteiger charge is 2.43. The van der Waals surface area contributed by atoms with Crippen LogP contribution in [0.3, 0.4) is 0 Å². The second-order valence-electron chi connectivity index (χ2n) is 10.8. The van der Waals surface area contributed by atoms with Gasteiger partial charge in [-0.05, 0) is 37.0 Å². The number of benzene rings is 1. The number of unbranched alkanes of at least 4 members (excludes halogenated alkanes) is 15. The van der Waals surface area contributed by atoms with Crippen LogP contribution in [0.4, 0.5) is 5.69 Å². The Morgan fingerprint density at radius 1 is 0.600 bits per heavy atom. The molecule has 3 aliphatic heterocycles. The lowest BCUT2D eigenvalue weighted by Crippen LogP contribution is -2.33. The lowest BCUT2D eigenvalue weighted by Gasteiger charge is -2.24. The smallest absolute Gasteiger partial charge is 0.262 e. The first-order valence-corrected chi connectivity index (χ1v) is 14.9. The molecule has 0 fully saturated rings. The van der Waals surface area contributed by atoms with Crippen molar-refractivity contribution in [3.8, 4) is 0 Å². The predicted molar refractivity (Wildman–Crippen MR) is 148 cm³/mol. The number of nitrogens with zero attached hydrogens (tertiary/aromatic N) is 1. The average molecular weight is 480 g/mol. The van der Waals surface area contributed by atoms with E-state index in [1.54, 1.807) is 0 Å². The van der Waals surface area contributed by atoms with Gasteiger partial charge in [0.1, 0.15) is 0 Å². The molecule has 1 aromatic rings. The Bertz CT molecular complexity index is 822. The summed E-state index contributed by atoms with van der Waals surface area (Å²) in [4.78, 5) is 28.2. The summed E-state index contributed by atoms with van der Waals surface area (Å²) in [6.45, 7) is 4.52. The molecule has 0 saturated heterocycles. The van der Waals surface area contributed by atoms with Crippen LogP contribution in [-0.4, -0.2) is 11.8 Å². The van der Waals surface area contributed by atoms with E-state index in [1.165, 1.54) is 100 Å². The number of imide groups is 1. The summed E-state index contributed by atoms with van der Waals surface area (Å²) in [5, 5.41) is 0. The average Bonchev–Trinajstić information content (AvgIpc) is 3.14. The maximum Gasteiger partial charge on any atom is 0.262 e. The summed E-state index contributed by atoms with van der Waals surface area (Å²) in [5.41, 5.74) is 3.57. The van der Waals surface area contributed by atoms with Crippen LogP contribution in [0.25, 0.3) is 0 Å². The van der Waals surface area contributed by atoms with E-state index < -0.39 is 0 Å². The molecule has 3 nitrogen and oxygen atoms in total. The van der Waals surface area contributed by atoms with E-state index in [9.17, 15) is 9.59 Å². The van der Waals surface area contributed by atoms with Crippen molar-refractivity contribution in [3.05, 3.63) is 41.0 Å². The van der Waals surface area contributed by atoms with Crippen molar-refractivity contribution in [1.82, 2.24) is 0 Å². The number of rotatable bonds is 19. The fraction of sp³-hybridized carbons (Fsp3) is 0.688. The van der Waals surface area contributed by atoms with Crippen LogP contribution < -0.4 is 4.90 Å². The molecule has 0 aliphatic carbocycles. The van der Waals surface area contributed by atoms with Gasteiger partial charge in [0.15, 0.2) is 0 Å². The molecule has 3 heteroatoms. The molecule has 4 bridgehead atoms. The quantitative estimate of drug-likeness (QED) is 0.146. The van der Waals surface area contributed by atoms with Gasteiger partial charge in [0.2, 0.25) is 0 Å². The van der Waals surface area contributed by atoms with Gasteiger partial charge >= 0.3 is 0 Å². The Balaban J connectivity index is 1.55. The Hall–Kier alpha value is -1.90. The minimum Gasteiger partial charge on any atom is -0.269 e. The van der Waals surface area contributed by atoms with E-state index in [2.05, 4.69) is 26.0 Å². The van der Waals surface area contributed by atoms with Crippen molar-refractivity contribution < 1.29 is 9.59 Å². The lowest BCUT2D eigenvalue weighted by molar-refractivity contribution is -0.120. The summed E-state index contributed by atoms with van der Waals surface area (Å²) >= 11 is 0. The Kier molecular flexibility index (Phi) is 12.1. The predicted octanol–water partition coefficient (Wildman–Crippen LogP) is 9.41. The third-order valence-corrected chi connectivity index (χ3v) is 8.00. The monoisotopic (exact) mass is 479 g/mol. The third kappa shape index (κ3) is 7.79. The normalized spacial score (nSPS) is 17.0. The Morgan fingerprint density at radius 3 is 1.63 bits per heavy atom. The number of carbonyl (C=O) groups excluding carboxylic acids is 2. The van der Waals surface area contributed by atoms with E-state index in [0.29, 0.717) is 0 Å². The van der Waals surface area contributed by atoms with Crippen LogP contribution in [0.5, 0.6) is 0 Å². The maximum absolute atomic E-state index is 13.4. The van der Waals surface area contributed by atoms with Crippen molar-refractivity contribution in [2.45, 2.75) is 142 Å². The molecule has 3 aliphatic rings. The van der Waals surface area contributed by atoms with Gasteiger partial charge in [-0.15, -0.1) is 0 Å². The fourth-order valence-corrected chi connectivity index (χ4v) is 5.86. The number of carbonyl (C=O) groups is 2. The Morgan fingerprint density at radius 2 is 1.09 bits per heavy atom. The van der Waals surface area contributed by atoms with Gasteiger partial charge in [0.25, 0.3) is 11.8 Å². The van der Waals surface area contributed by atoms with Gasteiger partial charge < -0.3 is 0 Å². The molecule has 1 unspecified atom stereocenters. The molecule has 0 spiro atoms. The molecule has 1 atom stereocenters. The first kappa shape index (κ1) is 27.7. The lowest BCUT2D eigenvalue weighted by atomic mass is 9.83. The number of amides is 2. The van der Waals surface area contributed by atoms with E-state index in [1.807, 2.05) is 12.1 Å². The molecular formula is C32H49NO2. The van der Waals surface area contributed by atoms with Crippen molar-refractivity contribution in [3.63, 3.8) is 0 Å². The highest BCUT2D eigenvalue weighted by molar-refractivity contribution is 6.33. The molecule has 0 N–H and O–H groups in total. The molecule has 194 valence electrons. The van der Waals surface area contributed by atoms with Gasteiger partial charge in [0, 0.05) is 17.1 Å². The van der Waals surface area contributed by atoms with E-state index in [0.717, 1.165) is 48.9 Å². The highest BCUT2D eigenvalue weighted by Crippen LogP contribution is 2.43. The van der Waals surface area contributed by atoms with Crippen LogP contribution in [0.2, 0.25) is 0 Å². The van der Waals surface area contributed by atoms with Crippen LogP contribution in [0.1, 0.15) is 147 Å². The molecule has 35 heavy (non-hydrogen) atoms. The standard InChI is InChI=1S/C32H49NO2/c1-3-5-7-9-11-13-15-17-19-21-29-30-28(20-18-16-14-12-10-8-6-4-2)26-22-24-27(25-23-26)33(31(29)34)32(30)35/h22-25,28H,3-21H2,1-2H3. The second kappa shape index (κ2) is 15.3. The van der Waals surface area contributed by atoms with Crippen LogP contribution in [0, 0.1) is 0 Å². The van der Waals surface area contributed by atoms with E-state index in [-0.39, 0.29) is 17.7 Å². The van der Waals surface area contributed by atoms with E-state index >= 15 is 0 Å². The van der Waals surface area contributed by atoms with E-state index in [4.69, 9.17) is 0 Å². The number of anilines is 1. The number of hydrogen-bond acceptors (Lipinski definition) is 2. The van der Waals surface area contributed by atoms with Crippen LogP contribution in [-0.2, 0) is 9.59 Å². The van der Waals surface area contributed by atoms with Gasteiger partial charge in [-0.1, -0.05) is 129 Å². The number of fused-ring (bicyclic) bond motifs is 2. The summed E-state index contributed by atoms with van der Waals surface area (Å²) < 4.78 is 0. The minimum atomic E-state index is -0.0575. The zero-order valence-corrected chi connectivity index (χ0v) is 22.6. The highest BCUT2D eigenvalue weighted by atomic mass is 16.2. The van der Waals surface area contributed by atoms with Crippen LogP contribution in [0.15, 0.2) is 35.4 Å². The van der Waals surface area contributed by atoms with Gasteiger partial charge in [-0.2, -0.15) is 0 Å². The summed E-state index contributed by atoms with van der Waals surface area (Å²) in [6, 6.07) is 8.20. The fourth-order valence-electron chi connectivity index (χ4n) is 5.86. The molecule has 0 aromatic heterocycles. The summed E-state index contributed by atoms with van der Waals surface area (Å²) in [5.74, 6) is -0.0379. The maximum atomic E-state index is 13.4. The SMILES string of the molecule is CCCCCCCCCCCC1=C2C(=O)N(C1=O)c1ccc(cc1)C2CCCCCCCCCC. The first-order chi connectivity index (χ1) is 17.2. The zero-order chi connectivity index (χ0) is 24.9. The van der Waals surface area contributed by atoms with Gasteiger partial charge in [-0.3, -0.25) is 9.59 Å². The van der Waals surface area contributed by atoms with Crippen LogP contribution >= 0.6 is 0 Å². The Labute approximate surface area is 214 Å². The minimum absolute atomic E-state index is 0.0494. The number of hydrogen-bond donors (Lipinski definition) is 0. The largest absolute Gasteiger partial charge is 0.269 e. The zero-order valence-electron chi connectivity index (χ0n) is 22.6. The molecule has 0 saturated carbocycles. The van der Waals surface area contributed by atoms with Gasteiger partial charge in [0.05, 0.1) is 5.69 Å². The van der Waals surface area contributed by atoms with Gasteiger partial charge in [-0.25, -0.2) is 4.90 Å².